The number of hydrogen-bond donors (Lipinski definition) is 3. The van der Waals surface area contributed by atoms with Crippen LogP contribution in [0.25, 0.3) is 0 Å². The van der Waals surface area contributed by atoms with Gasteiger partial charge >= 0.3 is 11.9 Å². The Morgan fingerprint density at radius 3 is 1.71 bits per heavy atom. The summed E-state index contributed by atoms with van der Waals surface area (Å²) in [6.07, 6.45) is -0.00252. The number of carboxylic acid groups (broad SMARTS) is 2. The molecule has 9 nitrogen and oxygen atoms in total. The van der Waals surface area contributed by atoms with Gasteiger partial charge in [-0.3, -0.25) is 28.8 Å². The second-order valence-electron chi connectivity index (χ2n) is 8.17. The topological polar surface area (TPSA) is 155 Å². The molecule has 31 heavy (non-hydrogen) atoms. The summed E-state index contributed by atoms with van der Waals surface area (Å²) in [6.45, 7) is 6.49. The Morgan fingerprint density at radius 1 is 0.774 bits per heavy atom. The summed E-state index contributed by atoms with van der Waals surface area (Å²) in [5.41, 5.74) is 0. The molecule has 9 heteroatoms. The Balaban J connectivity index is 5.36. The molecule has 0 aliphatic carbocycles. The molecule has 0 aromatic heterocycles. The molecular weight excluding hydrogens is 406 g/mol. The van der Waals surface area contributed by atoms with Crippen LogP contribution in [0.3, 0.4) is 0 Å². The number of nitrogens with one attached hydrogen (secondary N) is 1. The van der Waals surface area contributed by atoms with Crippen LogP contribution in [0.15, 0.2) is 0 Å². The summed E-state index contributed by atoms with van der Waals surface area (Å²) in [4.78, 5) is 71.0. The van der Waals surface area contributed by atoms with Crippen LogP contribution in [-0.4, -0.2) is 51.5 Å². The number of Topliss-reactive ketones (excluding diaryl/α,β-unsaturated/α-hetero) is 3. The maximum Gasteiger partial charge on any atom is 0.303 e. The fourth-order valence-electron chi connectivity index (χ4n) is 3.13. The zero-order chi connectivity index (χ0) is 24.1. The first kappa shape index (κ1) is 28.4. The number of hydrogen-bond acceptors (Lipinski definition) is 6. The van der Waals surface area contributed by atoms with E-state index in [1.165, 1.54) is 6.92 Å². The van der Waals surface area contributed by atoms with Crippen molar-refractivity contribution in [2.75, 3.05) is 0 Å². The van der Waals surface area contributed by atoms with E-state index < -0.39 is 41.5 Å². The number of rotatable bonds is 17. The Morgan fingerprint density at radius 2 is 1.29 bits per heavy atom. The molecule has 3 atom stereocenters. The maximum absolute atomic E-state index is 12.9. The van der Waals surface area contributed by atoms with Crippen LogP contribution < -0.4 is 5.32 Å². The Labute approximate surface area is 183 Å². The first-order valence-corrected chi connectivity index (χ1v) is 10.7. The van der Waals surface area contributed by atoms with Gasteiger partial charge in [0.2, 0.25) is 5.91 Å². The second-order valence-corrected chi connectivity index (χ2v) is 8.17. The van der Waals surface area contributed by atoms with Crippen LogP contribution in [0.1, 0.15) is 79.1 Å². The van der Waals surface area contributed by atoms with Gasteiger partial charge in [0.1, 0.15) is 11.6 Å². The molecule has 0 fully saturated rings. The summed E-state index contributed by atoms with van der Waals surface area (Å²) in [6, 6.07) is -0.999. The van der Waals surface area contributed by atoms with Crippen LogP contribution in [0.2, 0.25) is 0 Å². The van der Waals surface area contributed by atoms with Gasteiger partial charge < -0.3 is 15.5 Å². The SMILES string of the molecule is CC[C@@H](CCC(=O)O)C(=O)N[C@@H](CCC(=O)C(C)C)C(=O)C[C@@H](CCC(=O)O)C(C)=O. The molecular formula is C22H35NO8. The highest BCUT2D eigenvalue weighted by atomic mass is 16.4. The van der Waals surface area contributed by atoms with E-state index in [0.29, 0.717) is 6.42 Å². The molecule has 3 N–H and O–H groups in total. The summed E-state index contributed by atoms with van der Waals surface area (Å²) < 4.78 is 0. The number of carbonyl (C=O) groups excluding carboxylic acids is 4. The molecule has 0 radical (unpaired) electrons. The summed E-state index contributed by atoms with van der Waals surface area (Å²) in [7, 11) is 0. The molecule has 0 heterocycles. The fourth-order valence-corrected chi connectivity index (χ4v) is 3.13. The molecule has 176 valence electrons. The first-order valence-electron chi connectivity index (χ1n) is 10.7. The third-order valence-electron chi connectivity index (χ3n) is 5.33. The van der Waals surface area contributed by atoms with Crippen molar-refractivity contribution in [3.8, 4) is 0 Å². The van der Waals surface area contributed by atoms with Crippen molar-refractivity contribution in [1.82, 2.24) is 5.32 Å². The van der Waals surface area contributed by atoms with Crippen molar-refractivity contribution < 1.29 is 39.0 Å². The lowest BCUT2D eigenvalue weighted by molar-refractivity contribution is -0.138. The number of aliphatic carboxylic acids is 2. The van der Waals surface area contributed by atoms with Gasteiger partial charge in [0, 0.05) is 43.4 Å². The second kappa shape index (κ2) is 14.4. The molecule has 0 rings (SSSR count). The minimum Gasteiger partial charge on any atom is -0.481 e. The van der Waals surface area contributed by atoms with Crippen LogP contribution >= 0.6 is 0 Å². The highest BCUT2D eigenvalue weighted by Gasteiger charge is 2.29. The summed E-state index contributed by atoms with van der Waals surface area (Å²) >= 11 is 0. The van der Waals surface area contributed by atoms with Crippen molar-refractivity contribution in [2.24, 2.45) is 17.8 Å². The molecule has 0 aliphatic rings. The Hall–Kier alpha value is -2.58. The largest absolute Gasteiger partial charge is 0.481 e. The lowest BCUT2D eigenvalue weighted by Gasteiger charge is -2.23. The quantitative estimate of drug-likeness (QED) is 0.311. The van der Waals surface area contributed by atoms with Crippen LogP contribution in [-0.2, 0) is 28.8 Å². The lowest BCUT2D eigenvalue weighted by Crippen LogP contribution is -2.45. The molecule has 0 aromatic rings. The van der Waals surface area contributed by atoms with E-state index in [9.17, 15) is 28.8 Å². The van der Waals surface area contributed by atoms with Gasteiger partial charge in [-0.25, -0.2) is 0 Å². The monoisotopic (exact) mass is 441 g/mol. The van der Waals surface area contributed by atoms with Crippen LogP contribution in [0, 0.1) is 17.8 Å². The maximum atomic E-state index is 12.9. The molecule has 0 spiro atoms. The van der Waals surface area contributed by atoms with Gasteiger partial charge in [-0.1, -0.05) is 20.8 Å². The van der Waals surface area contributed by atoms with Crippen molar-refractivity contribution in [1.29, 1.82) is 0 Å². The molecule has 1 amide bonds. The van der Waals surface area contributed by atoms with E-state index >= 15 is 0 Å². The van der Waals surface area contributed by atoms with Gasteiger partial charge in [0.25, 0.3) is 0 Å². The highest BCUT2D eigenvalue weighted by molar-refractivity contribution is 5.93. The van der Waals surface area contributed by atoms with E-state index in [-0.39, 0.29) is 62.4 Å². The number of carbonyl (C=O) groups is 6. The van der Waals surface area contributed by atoms with Gasteiger partial charge in [0.15, 0.2) is 5.78 Å². The Kier molecular flexibility index (Phi) is 13.2. The third-order valence-corrected chi connectivity index (χ3v) is 5.33. The smallest absolute Gasteiger partial charge is 0.303 e. The molecule has 0 aliphatic heterocycles. The minimum atomic E-state index is -1.07. The van der Waals surface area contributed by atoms with Crippen molar-refractivity contribution in [3.63, 3.8) is 0 Å². The first-order chi connectivity index (χ1) is 14.4. The zero-order valence-corrected chi connectivity index (χ0v) is 18.8. The van der Waals surface area contributed by atoms with Gasteiger partial charge in [-0.15, -0.1) is 0 Å². The average molecular weight is 442 g/mol. The van der Waals surface area contributed by atoms with Crippen molar-refractivity contribution >= 4 is 35.2 Å². The minimum absolute atomic E-state index is 0.0121. The normalized spacial score (nSPS) is 13.8. The summed E-state index contributed by atoms with van der Waals surface area (Å²) in [5, 5.41) is 20.3. The number of ketones is 3. The number of amides is 1. The molecule has 0 saturated heterocycles. The molecule has 0 unspecified atom stereocenters. The van der Waals surface area contributed by atoms with E-state index in [1.807, 2.05) is 0 Å². The number of carboxylic acids is 2. The predicted octanol–water partition coefficient (Wildman–Crippen LogP) is 2.40. The van der Waals surface area contributed by atoms with Gasteiger partial charge in [-0.2, -0.15) is 0 Å². The Bertz CT molecular complexity index is 670. The molecule has 0 saturated carbocycles. The summed E-state index contributed by atoms with van der Waals surface area (Å²) in [5.74, 6) is -5.00. The van der Waals surface area contributed by atoms with Gasteiger partial charge in [-0.05, 0) is 32.6 Å². The standard InChI is InChI=1S/C22H35NO8/c1-5-15(6-10-20(27)28)22(31)23-17(8-9-18(25)13(2)3)19(26)12-16(14(4)24)7-11-21(29)30/h13,15-17H,5-12H2,1-4H3,(H,23,31)(H,27,28)(H,29,30)/t15-,16+,17-/m0/s1. The van der Waals surface area contributed by atoms with Crippen LogP contribution in [0.5, 0.6) is 0 Å². The highest BCUT2D eigenvalue weighted by Crippen LogP contribution is 2.18. The zero-order valence-electron chi connectivity index (χ0n) is 18.8. The molecule has 0 bridgehead atoms. The molecule has 0 aromatic carbocycles. The van der Waals surface area contributed by atoms with E-state index in [4.69, 9.17) is 10.2 Å². The average Bonchev–Trinajstić information content (AvgIpc) is 2.67. The van der Waals surface area contributed by atoms with Crippen molar-refractivity contribution in [3.05, 3.63) is 0 Å². The van der Waals surface area contributed by atoms with E-state index in [1.54, 1.807) is 20.8 Å². The van der Waals surface area contributed by atoms with Crippen LogP contribution in [0.4, 0.5) is 0 Å². The lowest BCUT2D eigenvalue weighted by atomic mass is 9.89. The van der Waals surface area contributed by atoms with Gasteiger partial charge in [0.05, 0.1) is 6.04 Å². The van der Waals surface area contributed by atoms with E-state index in [2.05, 4.69) is 5.32 Å². The van der Waals surface area contributed by atoms with E-state index in [0.717, 1.165) is 0 Å². The third kappa shape index (κ3) is 12.0. The van der Waals surface area contributed by atoms with Crippen molar-refractivity contribution in [2.45, 2.75) is 85.1 Å². The fraction of sp³-hybridized carbons (Fsp3) is 0.727. The predicted molar refractivity (Wildman–Crippen MR) is 112 cm³/mol.